The molecule has 5 rings (SSSR count). The van der Waals surface area contributed by atoms with Gasteiger partial charge in [-0.3, -0.25) is 14.5 Å². The predicted molar refractivity (Wildman–Crippen MR) is 111 cm³/mol. The molecule has 2 N–H and O–H groups in total. The summed E-state index contributed by atoms with van der Waals surface area (Å²) >= 11 is 0. The molecule has 2 saturated carbocycles. The van der Waals surface area contributed by atoms with Crippen LogP contribution in [0.15, 0.2) is 18.2 Å². The molecule has 5 atom stereocenters. The second-order valence-electron chi connectivity index (χ2n) is 9.71. The van der Waals surface area contributed by atoms with Crippen molar-refractivity contribution in [3.63, 3.8) is 0 Å². The normalized spacial score (nSPS) is 31.8. The lowest BCUT2D eigenvalue weighted by atomic mass is 9.84. The summed E-state index contributed by atoms with van der Waals surface area (Å²) in [7, 11) is 0. The summed E-state index contributed by atoms with van der Waals surface area (Å²) in [6, 6.07) is 4.99. The van der Waals surface area contributed by atoms with E-state index in [1.54, 1.807) is 13.0 Å². The van der Waals surface area contributed by atoms with Crippen molar-refractivity contribution in [3.05, 3.63) is 23.8 Å². The number of nitrogens with one attached hydrogen (secondary N) is 2. The number of carbonyl (C=O) groups is 3. The van der Waals surface area contributed by atoms with E-state index in [0.29, 0.717) is 29.8 Å². The Bertz CT molecular complexity index is 934. The monoisotopic (exact) mass is 427 g/mol. The van der Waals surface area contributed by atoms with E-state index in [9.17, 15) is 14.4 Å². The number of carbonyl (C=O) groups excluding carboxylic acids is 3. The molecule has 31 heavy (non-hydrogen) atoms. The molecule has 5 unspecified atom stereocenters. The maximum Gasteiger partial charge on any atom is 0.325 e. The van der Waals surface area contributed by atoms with Gasteiger partial charge < -0.3 is 20.1 Å². The number of ether oxygens (including phenoxy) is 2. The molecule has 1 aromatic carbocycles. The van der Waals surface area contributed by atoms with E-state index >= 15 is 0 Å². The lowest BCUT2D eigenvalue weighted by Gasteiger charge is -2.29. The van der Waals surface area contributed by atoms with Crippen molar-refractivity contribution in [2.45, 2.75) is 57.5 Å². The van der Waals surface area contributed by atoms with E-state index in [1.807, 2.05) is 19.1 Å². The van der Waals surface area contributed by atoms with E-state index < -0.39 is 17.5 Å². The van der Waals surface area contributed by atoms with E-state index in [0.717, 1.165) is 16.4 Å². The van der Waals surface area contributed by atoms with Crippen LogP contribution in [0.3, 0.4) is 0 Å². The molecule has 0 radical (unpaired) electrons. The summed E-state index contributed by atoms with van der Waals surface area (Å²) in [5.41, 5.74) is -0.266. The SMILES string of the molecule is CC(NC(=O)CN1C(=O)NC(C)(Cc2ccc3c(c2)OCO3)C1=O)C1CC2CCC1C2. The Hall–Kier alpha value is -2.77. The summed E-state index contributed by atoms with van der Waals surface area (Å²) in [5, 5.41) is 5.80. The summed E-state index contributed by atoms with van der Waals surface area (Å²) in [6.45, 7) is 3.65. The molecule has 8 heteroatoms. The first-order valence-corrected chi connectivity index (χ1v) is 11.1. The molecule has 2 aliphatic heterocycles. The van der Waals surface area contributed by atoms with Crippen molar-refractivity contribution < 1.29 is 23.9 Å². The highest BCUT2D eigenvalue weighted by molar-refractivity contribution is 6.09. The zero-order valence-electron chi connectivity index (χ0n) is 18.0. The molecular formula is C23H29N3O5. The van der Waals surface area contributed by atoms with Gasteiger partial charge >= 0.3 is 6.03 Å². The third kappa shape index (κ3) is 3.62. The number of amides is 4. The second-order valence-corrected chi connectivity index (χ2v) is 9.71. The third-order valence-electron chi connectivity index (χ3n) is 7.47. The van der Waals surface area contributed by atoms with Gasteiger partial charge in [-0.25, -0.2) is 4.79 Å². The molecule has 4 amide bonds. The lowest BCUT2D eigenvalue weighted by Crippen LogP contribution is -2.48. The number of benzene rings is 1. The largest absolute Gasteiger partial charge is 0.454 e. The van der Waals surface area contributed by atoms with Crippen LogP contribution >= 0.6 is 0 Å². The number of urea groups is 1. The van der Waals surface area contributed by atoms with Crippen LogP contribution in [0.1, 0.15) is 45.1 Å². The van der Waals surface area contributed by atoms with Crippen LogP contribution in [0.2, 0.25) is 0 Å². The Morgan fingerprint density at radius 1 is 1.26 bits per heavy atom. The molecule has 2 aliphatic carbocycles. The Labute approximate surface area is 181 Å². The number of fused-ring (bicyclic) bond motifs is 3. The van der Waals surface area contributed by atoms with E-state index in [2.05, 4.69) is 10.6 Å². The van der Waals surface area contributed by atoms with Gasteiger partial charge in [0.25, 0.3) is 5.91 Å². The first-order valence-electron chi connectivity index (χ1n) is 11.1. The molecule has 8 nitrogen and oxygen atoms in total. The first-order chi connectivity index (χ1) is 14.8. The molecule has 166 valence electrons. The Morgan fingerprint density at radius 3 is 2.81 bits per heavy atom. The maximum atomic E-state index is 13.1. The number of imide groups is 1. The van der Waals surface area contributed by atoms with Gasteiger partial charge in [0.1, 0.15) is 12.1 Å². The Balaban J connectivity index is 1.21. The fraction of sp³-hybridized carbons (Fsp3) is 0.609. The predicted octanol–water partition coefficient (Wildman–Crippen LogP) is 2.21. The number of rotatable bonds is 6. The third-order valence-corrected chi connectivity index (χ3v) is 7.47. The summed E-state index contributed by atoms with van der Waals surface area (Å²) in [6.07, 6.45) is 5.31. The molecule has 3 fully saturated rings. The van der Waals surface area contributed by atoms with Crippen molar-refractivity contribution in [1.82, 2.24) is 15.5 Å². The van der Waals surface area contributed by atoms with E-state index in [-0.39, 0.29) is 25.3 Å². The van der Waals surface area contributed by atoms with Crippen LogP contribution in [0.5, 0.6) is 11.5 Å². The highest BCUT2D eigenvalue weighted by atomic mass is 16.7. The summed E-state index contributed by atoms with van der Waals surface area (Å²) in [5.74, 6) is 2.62. The fourth-order valence-electron chi connectivity index (χ4n) is 5.93. The standard InChI is InChI=1S/C23H29N3O5/c1-13(17-8-14-3-5-16(17)7-14)24-20(27)11-26-21(28)23(2,25-22(26)29)10-15-4-6-18-19(9-15)31-12-30-18/h4,6,9,13-14,16-17H,3,5,7-8,10-12H2,1-2H3,(H,24,27)(H,25,29). The minimum absolute atomic E-state index is 0.0589. The number of nitrogens with zero attached hydrogens (tertiary/aromatic N) is 1. The molecule has 1 aromatic rings. The van der Waals surface area contributed by atoms with E-state index in [4.69, 9.17) is 9.47 Å². The fourth-order valence-corrected chi connectivity index (χ4v) is 5.93. The molecule has 4 aliphatic rings. The van der Waals surface area contributed by atoms with Gasteiger partial charge in [0.2, 0.25) is 12.7 Å². The van der Waals surface area contributed by atoms with Gasteiger partial charge in [-0.2, -0.15) is 0 Å². The van der Waals surface area contributed by atoms with Crippen LogP contribution in [0, 0.1) is 17.8 Å². The lowest BCUT2D eigenvalue weighted by molar-refractivity contribution is -0.134. The van der Waals surface area contributed by atoms with Crippen molar-refractivity contribution in [2.24, 2.45) is 17.8 Å². The van der Waals surface area contributed by atoms with Gasteiger partial charge in [0, 0.05) is 12.5 Å². The zero-order valence-corrected chi connectivity index (χ0v) is 18.0. The summed E-state index contributed by atoms with van der Waals surface area (Å²) in [4.78, 5) is 39.3. The highest BCUT2D eigenvalue weighted by Crippen LogP contribution is 2.49. The minimum Gasteiger partial charge on any atom is -0.454 e. The zero-order chi connectivity index (χ0) is 21.8. The Kier molecular flexibility index (Phi) is 4.83. The minimum atomic E-state index is -1.11. The van der Waals surface area contributed by atoms with Gasteiger partial charge in [0.15, 0.2) is 11.5 Å². The van der Waals surface area contributed by atoms with Gasteiger partial charge in [-0.05, 0) is 68.6 Å². The van der Waals surface area contributed by atoms with E-state index in [1.165, 1.54) is 25.7 Å². The smallest absolute Gasteiger partial charge is 0.325 e. The number of hydrogen-bond donors (Lipinski definition) is 2. The van der Waals surface area contributed by atoms with Gasteiger partial charge in [-0.15, -0.1) is 0 Å². The van der Waals surface area contributed by atoms with Crippen molar-refractivity contribution in [3.8, 4) is 11.5 Å². The number of hydrogen-bond acceptors (Lipinski definition) is 5. The highest BCUT2D eigenvalue weighted by Gasteiger charge is 2.49. The van der Waals surface area contributed by atoms with Crippen molar-refractivity contribution >= 4 is 17.8 Å². The van der Waals surface area contributed by atoms with Crippen molar-refractivity contribution in [2.75, 3.05) is 13.3 Å². The molecule has 1 saturated heterocycles. The Morgan fingerprint density at radius 2 is 2.06 bits per heavy atom. The van der Waals surface area contributed by atoms with Crippen LogP contribution in [-0.4, -0.2) is 47.7 Å². The van der Waals surface area contributed by atoms with Crippen molar-refractivity contribution in [1.29, 1.82) is 0 Å². The van der Waals surface area contributed by atoms with Gasteiger partial charge in [-0.1, -0.05) is 12.5 Å². The topological polar surface area (TPSA) is 97.0 Å². The molecule has 2 bridgehead atoms. The van der Waals surface area contributed by atoms with Crippen LogP contribution in [0.25, 0.3) is 0 Å². The van der Waals surface area contributed by atoms with Crippen LogP contribution in [0.4, 0.5) is 4.79 Å². The molecule has 0 aromatic heterocycles. The van der Waals surface area contributed by atoms with Crippen LogP contribution in [-0.2, 0) is 16.0 Å². The first kappa shape index (κ1) is 20.2. The van der Waals surface area contributed by atoms with Gasteiger partial charge in [0.05, 0.1) is 0 Å². The maximum absolute atomic E-state index is 13.1. The quantitative estimate of drug-likeness (QED) is 0.679. The molecule has 0 spiro atoms. The average molecular weight is 428 g/mol. The summed E-state index contributed by atoms with van der Waals surface area (Å²) < 4.78 is 10.7. The second kappa shape index (κ2) is 7.43. The molecular weight excluding hydrogens is 398 g/mol. The van der Waals surface area contributed by atoms with Crippen LogP contribution < -0.4 is 20.1 Å². The average Bonchev–Trinajstić information content (AvgIpc) is 3.49. The molecule has 2 heterocycles.